The van der Waals surface area contributed by atoms with Crippen molar-refractivity contribution in [2.24, 2.45) is 0 Å². The van der Waals surface area contributed by atoms with Gasteiger partial charge in [0, 0.05) is 5.56 Å². The van der Waals surface area contributed by atoms with E-state index in [9.17, 15) is 50.1 Å². The van der Waals surface area contributed by atoms with Crippen LogP contribution >= 0.6 is 0 Å². The average Bonchev–Trinajstić information content (AvgIpc) is 2.74. The number of esters is 2. The number of fused-ring (bicyclic) bond motifs is 2. The third kappa shape index (κ3) is 2.67. The highest BCUT2D eigenvalue weighted by atomic mass is 16.7. The molecule has 176 valence electrons. The molecule has 0 radical (unpaired) electrons. The Morgan fingerprint density at radius 1 is 1.00 bits per heavy atom. The summed E-state index contributed by atoms with van der Waals surface area (Å²) in [5.41, 5.74) is -2.02. The Bertz CT molecular complexity index is 1140. The van der Waals surface area contributed by atoms with Crippen LogP contribution in [0.3, 0.4) is 0 Å². The van der Waals surface area contributed by atoms with E-state index < -0.39 is 100 Å². The molecule has 1 saturated heterocycles. The maximum atomic E-state index is 13.0. The Balaban J connectivity index is 1.80. The van der Waals surface area contributed by atoms with Gasteiger partial charge in [0.05, 0.1) is 23.7 Å². The fourth-order valence-corrected chi connectivity index (χ4v) is 4.34. The zero-order chi connectivity index (χ0) is 24.0. The van der Waals surface area contributed by atoms with Crippen LogP contribution in [0.2, 0.25) is 0 Å². The lowest BCUT2D eigenvalue weighted by Crippen LogP contribution is -2.70. The molecular formula is C19H16O14. The largest absolute Gasteiger partial charge is 0.504 e. The Morgan fingerprint density at radius 3 is 2.39 bits per heavy atom. The van der Waals surface area contributed by atoms with Gasteiger partial charge >= 0.3 is 17.7 Å². The molecule has 0 unspecified atom stereocenters. The van der Waals surface area contributed by atoms with Gasteiger partial charge < -0.3 is 54.7 Å². The van der Waals surface area contributed by atoms with E-state index in [4.69, 9.17) is 18.9 Å². The molecule has 1 aliphatic carbocycles. The van der Waals surface area contributed by atoms with Gasteiger partial charge in [-0.3, -0.25) is 4.79 Å². The second-order valence-corrected chi connectivity index (χ2v) is 7.93. The molecule has 0 aromatic heterocycles. The summed E-state index contributed by atoms with van der Waals surface area (Å²) < 4.78 is 20.2. The van der Waals surface area contributed by atoms with Gasteiger partial charge in [0.2, 0.25) is 11.5 Å². The minimum absolute atomic E-state index is 0.498. The molecule has 1 aromatic rings. The molecule has 3 heterocycles. The smallest absolute Gasteiger partial charge is 0.339 e. The molecular weight excluding hydrogens is 452 g/mol. The van der Waals surface area contributed by atoms with Crippen molar-refractivity contribution in [2.45, 2.75) is 42.1 Å². The van der Waals surface area contributed by atoms with Crippen molar-refractivity contribution < 1.29 is 69.1 Å². The fourth-order valence-electron chi connectivity index (χ4n) is 4.34. The molecule has 4 aliphatic rings. The van der Waals surface area contributed by atoms with Crippen LogP contribution in [0.1, 0.15) is 21.8 Å². The van der Waals surface area contributed by atoms with Gasteiger partial charge in [-0.1, -0.05) is 0 Å². The average molecular weight is 468 g/mol. The number of ether oxygens (including phenoxy) is 4. The van der Waals surface area contributed by atoms with E-state index in [2.05, 4.69) is 0 Å². The third-order valence-electron chi connectivity index (χ3n) is 6.03. The number of aliphatic hydroxyl groups excluding tert-OH is 2. The van der Waals surface area contributed by atoms with Gasteiger partial charge in [-0.2, -0.15) is 0 Å². The number of carbonyl (C=O) groups is 3. The number of phenols is 2. The van der Waals surface area contributed by atoms with Gasteiger partial charge in [-0.15, -0.1) is 0 Å². The molecule has 0 spiro atoms. The lowest BCUT2D eigenvalue weighted by molar-refractivity contribution is -0.339. The Hall–Kier alpha value is -3.27. The number of aliphatic hydroxyl groups is 5. The van der Waals surface area contributed by atoms with E-state index in [1.165, 1.54) is 0 Å². The van der Waals surface area contributed by atoms with Crippen LogP contribution in [0.4, 0.5) is 0 Å². The van der Waals surface area contributed by atoms with Crippen LogP contribution in [-0.2, 0) is 23.8 Å². The number of rotatable bonds is 0. The zero-order valence-electron chi connectivity index (χ0n) is 16.2. The van der Waals surface area contributed by atoms with Crippen molar-refractivity contribution >= 4 is 17.7 Å². The normalized spacial score (nSPS) is 36.6. The molecule has 33 heavy (non-hydrogen) atoms. The zero-order valence-corrected chi connectivity index (χ0v) is 16.2. The standard InChI is InChI=1S/C19H16O14/c20-6-1-4-9-10-5(2-8(21)19(29,18(10,27)28)33-14(9)11(6)22)16(25)32-13-7(31-15(4)24)3-30-17(26)12(13)23/h1-2,7,10,12-13,17,20,22-23,26-29H,3H2/t7-,10+,12+,13-,17+,19+/m1/s1. The minimum Gasteiger partial charge on any atom is -0.504 e. The second kappa shape index (κ2) is 6.63. The minimum atomic E-state index is -3.56. The van der Waals surface area contributed by atoms with Crippen molar-refractivity contribution in [3.05, 3.63) is 28.8 Å². The van der Waals surface area contributed by atoms with E-state index in [1.807, 2.05) is 0 Å². The summed E-state index contributed by atoms with van der Waals surface area (Å²) >= 11 is 0. The summed E-state index contributed by atoms with van der Waals surface area (Å²) in [5.74, 6) is -16.3. The second-order valence-electron chi connectivity index (χ2n) is 7.93. The number of benzene rings is 1. The van der Waals surface area contributed by atoms with Crippen LogP contribution in [0, 0.1) is 0 Å². The first kappa shape index (κ1) is 21.6. The lowest BCUT2D eigenvalue weighted by Gasteiger charge is -2.49. The molecule has 3 aliphatic heterocycles. The number of carbonyl (C=O) groups excluding carboxylic acids is 3. The van der Waals surface area contributed by atoms with E-state index in [1.54, 1.807) is 0 Å². The van der Waals surface area contributed by atoms with Gasteiger partial charge in [0.1, 0.15) is 6.10 Å². The first-order valence-corrected chi connectivity index (χ1v) is 9.49. The molecule has 14 nitrogen and oxygen atoms in total. The van der Waals surface area contributed by atoms with E-state index in [0.29, 0.717) is 12.1 Å². The summed E-state index contributed by atoms with van der Waals surface area (Å²) in [4.78, 5) is 38.6. The van der Waals surface area contributed by atoms with E-state index in [0.717, 1.165) is 0 Å². The quantitative estimate of drug-likeness (QED) is 0.112. The van der Waals surface area contributed by atoms with Crippen molar-refractivity contribution in [1.82, 2.24) is 0 Å². The molecule has 1 aromatic carbocycles. The molecule has 5 rings (SSSR count). The summed E-state index contributed by atoms with van der Waals surface area (Å²) in [6.45, 7) is -0.532. The van der Waals surface area contributed by atoms with Crippen LogP contribution in [-0.4, -0.2) is 96.3 Å². The molecule has 0 saturated carbocycles. The van der Waals surface area contributed by atoms with E-state index in [-0.39, 0.29) is 0 Å². The number of aromatic hydroxyl groups is 2. The molecule has 6 atom stereocenters. The SMILES string of the molecule is O=C1O[C@H]2[C@H](O)[C@@H](O)OC[C@H]2OC(=O)c2cc(O)c(O)c3c2[C@@H]2C1=CC(=O)[C@](O)(O3)C2(O)O. The highest BCUT2D eigenvalue weighted by Crippen LogP contribution is 2.58. The van der Waals surface area contributed by atoms with Crippen molar-refractivity contribution in [3.63, 3.8) is 0 Å². The Labute approximate surface area is 182 Å². The maximum Gasteiger partial charge on any atom is 0.339 e. The molecule has 7 N–H and O–H groups in total. The Morgan fingerprint density at radius 2 is 1.70 bits per heavy atom. The summed E-state index contributed by atoms with van der Waals surface area (Å²) in [6, 6.07) is 0.686. The van der Waals surface area contributed by atoms with Gasteiger partial charge in [0.15, 0.2) is 30.0 Å². The fraction of sp³-hybridized carbons (Fsp3) is 0.421. The number of ketones is 1. The molecule has 0 amide bonds. The van der Waals surface area contributed by atoms with E-state index >= 15 is 0 Å². The summed E-state index contributed by atoms with van der Waals surface area (Å²) in [5, 5.41) is 72.4. The molecule has 14 heteroatoms. The highest BCUT2D eigenvalue weighted by molar-refractivity contribution is 6.08. The third-order valence-corrected chi connectivity index (χ3v) is 6.03. The van der Waals surface area contributed by atoms with Crippen molar-refractivity contribution in [2.75, 3.05) is 6.61 Å². The number of phenolic OH excluding ortho intramolecular Hbond substituents is 2. The summed E-state index contributed by atoms with van der Waals surface area (Å²) in [6.07, 6.45) is -6.41. The van der Waals surface area contributed by atoms with Crippen molar-refractivity contribution in [1.29, 1.82) is 0 Å². The highest BCUT2D eigenvalue weighted by Gasteiger charge is 2.70. The van der Waals surface area contributed by atoms with Gasteiger partial charge in [-0.05, 0) is 12.1 Å². The molecule has 2 bridgehead atoms. The summed E-state index contributed by atoms with van der Waals surface area (Å²) in [7, 11) is 0. The first-order chi connectivity index (χ1) is 15.4. The van der Waals surface area contributed by atoms with Gasteiger partial charge in [-0.25, -0.2) is 9.59 Å². The number of hydrogen-bond acceptors (Lipinski definition) is 14. The van der Waals surface area contributed by atoms with Crippen molar-refractivity contribution in [3.8, 4) is 17.2 Å². The maximum absolute atomic E-state index is 13.0. The van der Waals surface area contributed by atoms with Crippen LogP contribution < -0.4 is 4.74 Å². The van der Waals surface area contributed by atoms with Crippen LogP contribution in [0.5, 0.6) is 17.2 Å². The number of hydrogen-bond donors (Lipinski definition) is 7. The Kier molecular flexibility index (Phi) is 4.33. The van der Waals surface area contributed by atoms with Gasteiger partial charge in [0.25, 0.3) is 5.79 Å². The van der Waals surface area contributed by atoms with Crippen LogP contribution in [0.25, 0.3) is 0 Å². The monoisotopic (exact) mass is 468 g/mol. The van der Waals surface area contributed by atoms with Crippen LogP contribution in [0.15, 0.2) is 17.7 Å². The molecule has 1 fully saturated rings. The first-order valence-electron chi connectivity index (χ1n) is 9.49. The predicted molar refractivity (Wildman–Crippen MR) is 95.4 cm³/mol. The predicted octanol–water partition coefficient (Wildman–Crippen LogP) is -3.39. The lowest BCUT2D eigenvalue weighted by atomic mass is 9.70. The topological polar surface area (TPSA) is 230 Å².